The second kappa shape index (κ2) is 14.3. The van der Waals surface area contributed by atoms with Gasteiger partial charge in [0.25, 0.3) is 0 Å². The molecule has 1 unspecified atom stereocenters. The van der Waals surface area contributed by atoms with Crippen LogP contribution in [-0.4, -0.2) is 78.9 Å². The molecule has 9 nitrogen and oxygen atoms in total. The number of ether oxygens (including phenoxy) is 2. The van der Waals surface area contributed by atoms with E-state index >= 15 is 0 Å². The maximum Gasteiger partial charge on any atom is 0.230 e. The molecule has 0 spiro atoms. The van der Waals surface area contributed by atoms with Crippen molar-refractivity contribution in [1.82, 2.24) is 20.2 Å². The van der Waals surface area contributed by atoms with Gasteiger partial charge in [0.2, 0.25) is 11.8 Å². The Balaban J connectivity index is 1.49. The number of unbranched alkanes of at least 4 members (excludes halogenated alkanes) is 1. The summed E-state index contributed by atoms with van der Waals surface area (Å²) in [5.74, 6) is 2.33. The molecule has 1 aliphatic heterocycles. The summed E-state index contributed by atoms with van der Waals surface area (Å²) in [6.07, 6.45) is 3.19. The normalized spacial score (nSPS) is 15.4. The number of anilines is 1. The molecule has 1 aromatic carbocycles. The summed E-state index contributed by atoms with van der Waals surface area (Å²) in [5, 5.41) is 3.71. The molecule has 1 saturated heterocycles. The predicted octanol–water partition coefficient (Wildman–Crippen LogP) is 3.83. The van der Waals surface area contributed by atoms with E-state index in [0.717, 1.165) is 18.4 Å². The number of hydrogen-bond acceptors (Lipinski definition) is 8. The number of thioether (sulfide) groups is 1. The third-order valence-electron chi connectivity index (χ3n) is 6.19. The van der Waals surface area contributed by atoms with Gasteiger partial charge in [0.1, 0.15) is 11.0 Å². The van der Waals surface area contributed by atoms with Crippen LogP contribution in [0, 0.1) is 0 Å². The van der Waals surface area contributed by atoms with Gasteiger partial charge >= 0.3 is 0 Å². The second-order valence-electron chi connectivity index (χ2n) is 8.90. The Morgan fingerprint density at radius 2 is 1.95 bits per heavy atom. The van der Waals surface area contributed by atoms with Crippen LogP contribution in [-0.2, 0) is 16.0 Å². The number of piperazine rings is 1. The van der Waals surface area contributed by atoms with Crippen molar-refractivity contribution >= 4 is 41.0 Å². The van der Waals surface area contributed by atoms with Crippen molar-refractivity contribution in [2.75, 3.05) is 51.1 Å². The van der Waals surface area contributed by atoms with Gasteiger partial charge in [-0.25, -0.2) is 9.97 Å². The molecule has 0 saturated carbocycles. The first kappa shape index (κ1) is 28.8. The molecule has 1 aliphatic rings. The fourth-order valence-corrected chi connectivity index (χ4v) is 5.09. The molecular weight excluding hydrogens is 514 g/mol. The number of hydrogen-bond donors (Lipinski definition) is 1. The van der Waals surface area contributed by atoms with Gasteiger partial charge in [0, 0.05) is 44.7 Å². The van der Waals surface area contributed by atoms with Crippen LogP contribution in [0.25, 0.3) is 0 Å². The van der Waals surface area contributed by atoms with Crippen LogP contribution < -0.4 is 19.7 Å². The summed E-state index contributed by atoms with van der Waals surface area (Å²) in [7, 11) is 3.19. The van der Waals surface area contributed by atoms with Crippen molar-refractivity contribution in [2.45, 2.75) is 50.7 Å². The van der Waals surface area contributed by atoms with E-state index in [1.165, 1.54) is 11.8 Å². The smallest absolute Gasteiger partial charge is 0.230 e. The molecule has 1 aromatic heterocycles. The summed E-state index contributed by atoms with van der Waals surface area (Å²) in [5.41, 5.74) is 1.04. The first-order chi connectivity index (χ1) is 17.8. The molecule has 0 bridgehead atoms. The standard InChI is InChI=1S/C26H36ClN5O4S/c1-5-6-7-25(34)32-13-12-31(16-18(32)2)23-15-22(27)29-26(30-23)37-17-24(33)28-11-10-19-8-9-20(35-3)21(14-19)36-4/h8-9,14-15,18H,5-7,10-13,16-17H2,1-4H3,(H,28,33). The summed E-state index contributed by atoms with van der Waals surface area (Å²) in [4.78, 5) is 37.9. The monoisotopic (exact) mass is 549 g/mol. The number of nitrogens with one attached hydrogen (secondary N) is 1. The van der Waals surface area contributed by atoms with E-state index in [4.69, 9.17) is 21.1 Å². The highest BCUT2D eigenvalue weighted by molar-refractivity contribution is 7.99. The van der Waals surface area contributed by atoms with Crippen molar-refractivity contribution in [3.63, 3.8) is 0 Å². The zero-order valence-electron chi connectivity index (χ0n) is 22.0. The lowest BCUT2D eigenvalue weighted by molar-refractivity contribution is -0.133. The number of halogens is 1. The van der Waals surface area contributed by atoms with Gasteiger partial charge in [-0.2, -0.15) is 0 Å². The Hall–Kier alpha value is -2.72. The first-order valence-corrected chi connectivity index (χ1v) is 13.9. The predicted molar refractivity (Wildman–Crippen MR) is 147 cm³/mol. The van der Waals surface area contributed by atoms with Gasteiger partial charge in [-0.15, -0.1) is 0 Å². The molecule has 1 N–H and O–H groups in total. The molecule has 0 aliphatic carbocycles. The van der Waals surface area contributed by atoms with Crippen molar-refractivity contribution in [3.8, 4) is 11.5 Å². The SMILES string of the molecule is CCCCC(=O)N1CCN(c2cc(Cl)nc(SCC(=O)NCCc3ccc(OC)c(OC)c3)n2)CC1C. The summed E-state index contributed by atoms with van der Waals surface area (Å²) in [6, 6.07) is 7.52. The molecule has 1 fully saturated rings. The molecule has 2 heterocycles. The van der Waals surface area contributed by atoms with Crippen LogP contribution in [0.15, 0.2) is 29.4 Å². The quantitative estimate of drug-likeness (QED) is 0.242. The highest BCUT2D eigenvalue weighted by Gasteiger charge is 2.28. The Bertz CT molecular complexity index is 1070. The number of methoxy groups -OCH3 is 2. The van der Waals surface area contributed by atoms with Crippen LogP contribution in [0.1, 0.15) is 38.7 Å². The highest BCUT2D eigenvalue weighted by Crippen LogP contribution is 2.28. The topological polar surface area (TPSA) is 96.9 Å². The first-order valence-electron chi connectivity index (χ1n) is 12.5. The Kier molecular flexibility index (Phi) is 11.1. The van der Waals surface area contributed by atoms with Crippen LogP contribution in [0.2, 0.25) is 5.15 Å². The van der Waals surface area contributed by atoms with Gasteiger partial charge in [0.05, 0.1) is 20.0 Å². The molecule has 2 aromatic rings. The lowest BCUT2D eigenvalue weighted by atomic mass is 10.1. The Labute approximate surface area is 228 Å². The van der Waals surface area contributed by atoms with Crippen LogP contribution in [0.4, 0.5) is 5.82 Å². The average molecular weight is 550 g/mol. The third kappa shape index (κ3) is 8.39. The molecule has 37 heavy (non-hydrogen) atoms. The number of nitrogens with zero attached hydrogens (tertiary/aromatic N) is 4. The maximum absolute atomic E-state index is 12.5. The zero-order valence-corrected chi connectivity index (χ0v) is 23.5. The molecule has 2 amide bonds. The minimum Gasteiger partial charge on any atom is -0.493 e. The number of benzene rings is 1. The van der Waals surface area contributed by atoms with Gasteiger partial charge in [-0.3, -0.25) is 9.59 Å². The number of rotatable bonds is 12. The zero-order chi connectivity index (χ0) is 26.8. The Morgan fingerprint density at radius 3 is 2.65 bits per heavy atom. The molecular formula is C26H36ClN5O4S. The van der Waals surface area contributed by atoms with Crippen molar-refractivity contribution in [3.05, 3.63) is 35.0 Å². The second-order valence-corrected chi connectivity index (χ2v) is 10.2. The van der Waals surface area contributed by atoms with Gasteiger partial charge in [-0.1, -0.05) is 42.8 Å². The number of carbonyl (C=O) groups is 2. The van der Waals surface area contributed by atoms with E-state index < -0.39 is 0 Å². The van der Waals surface area contributed by atoms with Crippen molar-refractivity contribution in [2.24, 2.45) is 0 Å². The summed E-state index contributed by atoms with van der Waals surface area (Å²) >= 11 is 7.53. The lowest BCUT2D eigenvalue weighted by Crippen LogP contribution is -2.54. The van der Waals surface area contributed by atoms with E-state index in [9.17, 15) is 9.59 Å². The summed E-state index contributed by atoms with van der Waals surface area (Å²) in [6.45, 7) is 6.64. The van der Waals surface area contributed by atoms with E-state index in [-0.39, 0.29) is 23.6 Å². The lowest BCUT2D eigenvalue weighted by Gasteiger charge is -2.40. The van der Waals surface area contributed by atoms with Crippen LogP contribution in [0.5, 0.6) is 11.5 Å². The van der Waals surface area contributed by atoms with E-state index in [1.54, 1.807) is 20.3 Å². The molecule has 0 radical (unpaired) electrons. The molecule has 11 heteroatoms. The minimum atomic E-state index is -0.108. The van der Waals surface area contributed by atoms with Crippen molar-refractivity contribution < 1.29 is 19.1 Å². The fraction of sp³-hybridized carbons (Fsp3) is 0.538. The maximum atomic E-state index is 12.5. The van der Waals surface area contributed by atoms with Gasteiger partial charge < -0.3 is 24.6 Å². The largest absolute Gasteiger partial charge is 0.493 e. The van der Waals surface area contributed by atoms with Crippen molar-refractivity contribution in [1.29, 1.82) is 0 Å². The van der Waals surface area contributed by atoms with Gasteiger partial charge in [0.15, 0.2) is 16.7 Å². The number of carbonyl (C=O) groups excluding carboxylic acids is 2. The fourth-order valence-electron chi connectivity index (χ4n) is 4.18. The third-order valence-corrected chi connectivity index (χ3v) is 7.23. The molecule has 3 rings (SSSR count). The number of aromatic nitrogens is 2. The molecule has 1 atom stereocenters. The minimum absolute atomic E-state index is 0.0828. The number of amides is 2. The van der Waals surface area contributed by atoms with E-state index in [0.29, 0.717) is 66.6 Å². The average Bonchev–Trinajstić information content (AvgIpc) is 2.90. The Morgan fingerprint density at radius 1 is 1.16 bits per heavy atom. The highest BCUT2D eigenvalue weighted by atomic mass is 35.5. The van der Waals surface area contributed by atoms with E-state index in [2.05, 4.69) is 34.0 Å². The van der Waals surface area contributed by atoms with Crippen LogP contribution in [0.3, 0.4) is 0 Å². The van der Waals surface area contributed by atoms with Crippen LogP contribution >= 0.6 is 23.4 Å². The summed E-state index contributed by atoms with van der Waals surface area (Å²) < 4.78 is 10.6. The van der Waals surface area contributed by atoms with E-state index in [1.807, 2.05) is 23.1 Å². The molecule has 202 valence electrons. The van der Waals surface area contributed by atoms with Gasteiger partial charge in [-0.05, 0) is 37.5 Å².